The molecule has 1 aromatic rings. The summed E-state index contributed by atoms with van der Waals surface area (Å²) >= 11 is 0. The molecule has 0 radical (unpaired) electrons. The number of nitrogens with zero attached hydrogens (tertiary/aromatic N) is 2. The summed E-state index contributed by atoms with van der Waals surface area (Å²) in [6.45, 7) is 4.17. The van der Waals surface area contributed by atoms with Crippen molar-refractivity contribution in [1.82, 2.24) is 9.96 Å². The minimum Gasteiger partial charge on any atom is -0.622 e. The number of hydroxylamine groups is 2. The summed E-state index contributed by atoms with van der Waals surface area (Å²) in [5.74, 6) is -2.94. The Bertz CT molecular complexity index is 743. The summed E-state index contributed by atoms with van der Waals surface area (Å²) in [4.78, 5) is 25.4. The van der Waals surface area contributed by atoms with Crippen molar-refractivity contribution in [2.75, 3.05) is 37.6 Å². The normalized spacial score (nSPS) is 23.7. The molecule has 0 aromatic heterocycles. The molecule has 1 atom stereocenters. The summed E-state index contributed by atoms with van der Waals surface area (Å²) in [5, 5.41) is 25.3. The number of hydrogen-bond donors (Lipinski definition) is 2. The smallest absolute Gasteiger partial charge is 0.345 e. The van der Waals surface area contributed by atoms with Crippen molar-refractivity contribution >= 4 is 23.1 Å². The van der Waals surface area contributed by atoms with Crippen LogP contribution in [-0.4, -0.2) is 49.6 Å². The molecule has 24 heavy (non-hydrogen) atoms. The zero-order valence-electron chi connectivity index (χ0n) is 13.2. The molecule has 8 heteroatoms. The first-order valence-electron chi connectivity index (χ1n) is 7.77. The minimum absolute atomic E-state index is 0.00366. The molecule has 1 aromatic carbocycles. The van der Waals surface area contributed by atoms with Crippen LogP contribution in [0, 0.1) is 11.0 Å². The van der Waals surface area contributed by atoms with Crippen molar-refractivity contribution in [3.05, 3.63) is 40.5 Å². The monoisotopic (exact) mass is 335 g/mol. The van der Waals surface area contributed by atoms with Crippen LogP contribution in [0.1, 0.15) is 17.3 Å². The predicted molar refractivity (Wildman–Crippen MR) is 87.2 cm³/mol. The SMILES string of the molecule is CC[N+]1([O-])C=C(C(=O)O)C(=O)c2cc(F)c(N3CCNCC3)cc21. The summed E-state index contributed by atoms with van der Waals surface area (Å²) < 4.78 is 13.4. The van der Waals surface area contributed by atoms with Crippen LogP contribution in [0.5, 0.6) is 0 Å². The highest BCUT2D eigenvalue weighted by Gasteiger charge is 2.37. The fourth-order valence-electron chi connectivity index (χ4n) is 3.09. The number of aliphatic carboxylic acids is 1. The third kappa shape index (κ3) is 2.58. The van der Waals surface area contributed by atoms with Gasteiger partial charge in [0.15, 0.2) is 11.3 Å². The Morgan fingerprint density at radius 3 is 2.67 bits per heavy atom. The molecule has 1 saturated heterocycles. The fourth-order valence-corrected chi connectivity index (χ4v) is 3.09. The van der Waals surface area contributed by atoms with Gasteiger partial charge >= 0.3 is 5.97 Å². The number of Topliss-reactive ketones (excluding diaryl/α,β-unsaturated/α-hetero) is 1. The Morgan fingerprint density at radius 1 is 1.42 bits per heavy atom. The standard InChI is InChI=1S/C16H18FN3O4/c1-2-20(24)9-11(16(22)23)15(21)10-7-12(17)13(8-14(10)20)19-5-3-18-4-6-19/h7-9,18H,2-6H2,1H3,(H,22,23). The van der Waals surface area contributed by atoms with E-state index in [1.54, 1.807) is 6.92 Å². The number of nitrogens with one attached hydrogen (secondary N) is 1. The molecular formula is C16H18FN3O4. The Balaban J connectivity index is 2.15. The van der Waals surface area contributed by atoms with E-state index in [0.717, 1.165) is 12.3 Å². The highest BCUT2D eigenvalue weighted by Crippen LogP contribution is 2.38. The first-order chi connectivity index (χ1) is 11.4. The lowest BCUT2D eigenvalue weighted by molar-refractivity contribution is -0.132. The predicted octanol–water partition coefficient (Wildman–Crippen LogP) is 1.23. The molecule has 1 unspecified atom stereocenters. The first-order valence-corrected chi connectivity index (χ1v) is 7.77. The number of anilines is 1. The Labute approximate surface area is 138 Å². The van der Waals surface area contributed by atoms with Gasteiger partial charge in [0.1, 0.15) is 12.0 Å². The molecule has 0 spiro atoms. The van der Waals surface area contributed by atoms with E-state index in [9.17, 15) is 19.2 Å². The van der Waals surface area contributed by atoms with Crippen LogP contribution >= 0.6 is 0 Å². The van der Waals surface area contributed by atoms with Gasteiger partial charge < -0.3 is 25.2 Å². The molecular weight excluding hydrogens is 317 g/mol. The van der Waals surface area contributed by atoms with Gasteiger partial charge in [-0.2, -0.15) is 0 Å². The van der Waals surface area contributed by atoms with Crippen LogP contribution in [0.2, 0.25) is 0 Å². The molecule has 128 valence electrons. The molecule has 1 fully saturated rings. The topological polar surface area (TPSA) is 92.7 Å². The maximum Gasteiger partial charge on any atom is 0.345 e. The molecule has 0 aliphatic carbocycles. The van der Waals surface area contributed by atoms with Crippen molar-refractivity contribution in [3.63, 3.8) is 0 Å². The Kier molecular flexibility index (Phi) is 4.12. The number of ketones is 1. The second-order valence-electron chi connectivity index (χ2n) is 5.85. The summed E-state index contributed by atoms with van der Waals surface area (Å²) in [6.07, 6.45) is 0.895. The van der Waals surface area contributed by atoms with Crippen LogP contribution in [0.25, 0.3) is 0 Å². The van der Waals surface area contributed by atoms with Crippen LogP contribution < -0.4 is 14.9 Å². The summed E-state index contributed by atoms with van der Waals surface area (Å²) in [6, 6.07) is 2.38. The van der Waals surface area contributed by atoms with Gasteiger partial charge in [-0.3, -0.25) is 4.79 Å². The first kappa shape index (κ1) is 16.6. The quantitative estimate of drug-likeness (QED) is 0.490. The lowest BCUT2D eigenvalue weighted by Crippen LogP contribution is -2.45. The molecule has 2 heterocycles. The number of piperazine rings is 1. The van der Waals surface area contributed by atoms with E-state index in [1.807, 2.05) is 4.90 Å². The van der Waals surface area contributed by atoms with Gasteiger partial charge in [0.25, 0.3) is 0 Å². The van der Waals surface area contributed by atoms with Crippen LogP contribution in [-0.2, 0) is 4.79 Å². The number of carboxylic acid groups (broad SMARTS) is 1. The van der Waals surface area contributed by atoms with Gasteiger partial charge in [-0.15, -0.1) is 0 Å². The number of benzene rings is 1. The van der Waals surface area contributed by atoms with Crippen LogP contribution in [0.3, 0.4) is 0 Å². The molecule has 3 rings (SSSR count). The summed E-state index contributed by atoms with van der Waals surface area (Å²) in [7, 11) is 0. The van der Waals surface area contributed by atoms with Gasteiger partial charge in [-0.25, -0.2) is 9.18 Å². The number of halogens is 1. The van der Waals surface area contributed by atoms with Crippen molar-refractivity contribution in [2.24, 2.45) is 0 Å². The number of quaternary nitrogens is 1. The maximum absolute atomic E-state index is 14.5. The van der Waals surface area contributed by atoms with E-state index in [-0.39, 0.29) is 23.5 Å². The third-order valence-electron chi connectivity index (χ3n) is 4.46. The zero-order valence-corrected chi connectivity index (χ0v) is 13.2. The zero-order chi connectivity index (χ0) is 17.5. The lowest BCUT2D eigenvalue weighted by atomic mass is 9.96. The van der Waals surface area contributed by atoms with E-state index in [0.29, 0.717) is 26.2 Å². The van der Waals surface area contributed by atoms with E-state index in [1.165, 1.54) is 6.07 Å². The third-order valence-corrected chi connectivity index (χ3v) is 4.46. The highest BCUT2D eigenvalue weighted by molar-refractivity contribution is 6.26. The maximum atomic E-state index is 14.5. The average Bonchev–Trinajstić information content (AvgIpc) is 2.58. The molecule has 7 nitrogen and oxygen atoms in total. The van der Waals surface area contributed by atoms with Crippen molar-refractivity contribution < 1.29 is 19.1 Å². The Morgan fingerprint density at radius 2 is 2.08 bits per heavy atom. The minimum atomic E-state index is -1.48. The number of fused-ring (bicyclic) bond motifs is 1. The number of carboxylic acids is 1. The van der Waals surface area contributed by atoms with E-state index in [4.69, 9.17) is 5.11 Å². The van der Waals surface area contributed by atoms with Crippen LogP contribution in [0.15, 0.2) is 23.9 Å². The van der Waals surface area contributed by atoms with E-state index in [2.05, 4.69) is 5.32 Å². The van der Waals surface area contributed by atoms with Crippen molar-refractivity contribution in [3.8, 4) is 0 Å². The number of carbonyl (C=O) groups excluding carboxylic acids is 1. The molecule has 2 aliphatic rings. The Hall–Kier alpha value is -2.29. The lowest BCUT2D eigenvalue weighted by Gasteiger charge is -2.41. The average molecular weight is 335 g/mol. The van der Waals surface area contributed by atoms with Crippen LogP contribution in [0.4, 0.5) is 15.8 Å². The highest BCUT2D eigenvalue weighted by atomic mass is 19.1. The van der Waals surface area contributed by atoms with Gasteiger partial charge in [0, 0.05) is 32.2 Å². The van der Waals surface area contributed by atoms with Crippen molar-refractivity contribution in [2.45, 2.75) is 6.92 Å². The van der Waals surface area contributed by atoms with E-state index >= 15 is 0 Å². The second kappa shape index (κ2) is 5.97. The summed E-state index contributed by atoms with van der Waals surface area (Å²) in [5.41, 5.74) is -0.443. The fraction of sp³-hybridized carbons (Fsp3) is 0.375. The second-order valence-corrected chi connectivity index (χ2v) is 5.85. The molecule has 2 N–H and O–H groups in total. The van der Waals surface area contributed by atoms with Gasteiger partial charge in [0.2, 0.25) is 5.78 Å². The van der Waals surface area contributed by atoms with Gasteiger partial charge in [0.05, 0.1) is 17.8 Å². The molecule has 0 saturated carbocycles. The number of rotatable bonds is 3. The largest absolute Gasteiger partial charge is 0.622 e. The molecule has 0 bridgehead atoms. The van der Waals surface area contributed by atoms with Gasteiger partial charge in [-0.05, 0) is 13.0 Å². The van der Waals surface area contributed by atoms with E-state index < -0.39 is 27.8 Å². The number of hydrogen-bond acceptors (Lipinski definition) is 5. The van der Waals surface area contributed by atoms with Gasteiger partial charge in [-0.1, -0.05) is 0 Å². The number of carbonyl (C=O) groups is 2. The molecule has 0 amide bonds. The van der Waals surface area contributed by atoms with Crippen molar-refractivity contribution in [1.29, 1.82) is 0 Å². The molecule has 2 aliphatic heterocycles.